The summed E-state index contributed by atoms with van der Waals surface area (Å²) in [5.41, 5.74) is 2.31. The minimum atomic E-state index is -0.427. The van der Waals surface area contributed by atoms with Gasteiger partial charge in [0.2, 0.25) is 0 Å². The first-order valence-corrected chi connectivity index (χ1v) is 6.15. The number of halogens is 2. The van der Waals surface area contributed by atoms with Gasteiger partial charge < -0.3 is 5.32 Å². The molecule has 1 aromatic heterocycles. The normalized spacial score (nSPS) is 12.7. The highest BCUT2D eigenvalue weighted by atomic mass is 19.1. The Kier molecular flexibility index (Phi) is 3.95. The summed E-state index contributed by atoms with van der Waals surface area (Å²) in [6.45, 7) is 4.18. The molecule has 5 heteroatoms. The van der Waals surface area contributed by atoms with Crippen LogP contribution >= 0.6 is 0 Å². The highest BCUT2D eigenvalue weighted by molar-refractivity contribution is 5.21. The average Bonchev–Trinajstić information content (AvgIpc) is 2.69. The van der Waals surface area contributed by atoms with Crippen LogP contribution < -0.4 is 5.32 Å². The molecule has 1 atom stereocenters. The first-order chi connectivity index (χ1) is 8.97. The van der Waals surface area contributed by atoms with Crippen LogP contribution in [-0.2, 0) is 13.6 Å². The van der Waals surface area contributed by atoms with Crippen LogP contribution in [0.4, 0.5) is 8.78 Å². The Balaban J connectivity index is 2.06. The molecule has 102 valence electrons. The van der Waals surface area contributed by atoms with Gasteiger partial charge in [0, 0.05) is 37.0 Å². The molecule has 1 unspecified atom stereocenters. The molecule has 3 nitrogen and oxygen atoms in total. The van der Waals surface area contributed by atoms with Crippen molar-refractivity contribution >= 4 is 0 Å². The van der Waals surface area contributed by atoms with Gasteiger partial charge in [-0.2, -0.15) is 5.10 Å². The van der Waals surface area contributed by atoms with E-state index < -0.39 is 11.6 Å². The van der Waals surface area contributed by atoms with Gasteiger partial charge in [0.1, 0.15) is 11.6 Å². The van der Waals surface area contributed by atoms with Crippen molar-refractivity contribution in [2.75, 3.05) is 0 Å². The summed E-state index contributed by atoms with van der Waals surface area (Å²) in [6, 6.07) is 3.50. The smallest absolute Gasteiger partial charge is 0.127 e. The first-order valence-electron chi connectivity index (χ1n) is 6.15. The molecule has 0 saturated heterocycles. The van der Waals surface area contributed by atoms with E-state index in [1.165, 1.54) is 6.07 Å². The molecule has 0 aliphatic heterocycles. The highest BCUT2D eigenvalue weighted by Gasteiger charge is 2.12. The van der Waals surface area contributed by atoms with E-state index in [9.17, 15) is 8.78 Å². The van der Waals surface area contributed by atoms with Crippen molar-refractivity contribution in [1.29, 1.82) is 0 Å². The van der Waals surface area contributed by atoms with Gasteiger partial charge >= 0.3 is 0 Å². The van der Waals surface area contributed by atoms with E-state index in [4.69, 9.17) is 0 Å². The van der Waals surface area contributed by atoms with Crippen molar-refractivity contribution in [3.05, 3.63) is 52.9 Å². The van der Waals surface area contributed by atoms with Crippen LogP contribution in [0.25, 0.3) is 0 Å². The standard InChI is InChI=1S/C14H17F2N3/c1-9(13-8-19(3)18-10(13)2)17-7-11-6-12(15)4-5-14(11)16/h4-6,8-9,17H,7H2,1-3H3. The van der Waals surface area contributed by atoms with Crippen LogP contribution in [0.15, 0.2) is 24.4 Å². The molecule has 0 bridgehead atoms. The number of hydrogen-bond acceptors (Lipinski definition) is 2. The van der Waals surface area contributed by atoms with Crippen molar-refractivity contribution in [3.63, 3.8) is 0 Å². The summed E-state index contributed by atoms with van der Waals surface area (Å²) in [5.74, 6) is -0.826. The van der Waals surface area contributed by atoms with Crippen molar-refractivity contribution in [2.45, 2.75) is 26.4 Å². The molecule has 0 aliphatic carbocycles. The average molecular weight is 265 g/mol. The maximum absolute atomic E-state index is 13.5. The van der Waals surface area contributed by atoms with Crippen molar-refractivity contribution in [2.24, 2.45) is 7.05 Å². The summed E-state index contributed by atoms with van der Waals surface area (Å²) in [4.78, 5) is 0. The fraction of sp³-hybridized carbons (Fsp3) is 0.357. The maximum atomic E-state index is 13.5. The Morgan fingerprint density at radius 2 is 2.11 bits per heavy atom. The van der Waals surface area contributed by atoms with Gasteiger partial charge in [-0.3, -0.25) is 4.68 Å². The molecular weight excluding hydrogens is 248 g/mol. The molecule has 0 aliphatic rings. The molecule has 1 aromatic carbocycles. The molecule has 1 heterocycles. The monoisotopic (exact) mass is 265 g/mol. The zero-order valence-corrected chi connectivity index (χ0v) is 11.2. The lowest BCUT2D eigenvalue weighted by Gasteiger charge is -2.13. The Morgan fingerprint density at radius 3 is 2.74 bits per heavy atom. The Morgan fingerprint density at radius 1 is 1.37 bits per heavy atom. The maximum Gasteiger partial charge on any atom is 0.127 e. The largest absolute Gasteiger partial charge is 0.306 e. The lowest BCUT2D eigenvalue weighted by molar-refractivity contribution is 0.534. The topological polar surface area (TPSA) is 29.9 Å². The third-order valence-corrected chi connectivity index (χ3v) is 3.12. The fourth-order valence-electron chi connectivity index (χ4n) is 2.09. The van der Waals surface area contributed by atoms with Gasteiger partial charge in [0.05, 0.1) is 5.69 Å². The van der Waals surface area contributed by atoms with Crippen LogP contribution in [0, 0.1) is 18.6 Å². The molecule has 2 rings (SSSR count). The molecule has 0 radical (unpaired) electrons. The highest BCUT2D eigenvalue weighted by Crippen LogP contribution is 2.17. The van der Waals surface area contributed by atoms with E-state index in [1.54, 1.807) is 4.68 Å². The van der Waals surface area contributed by atoms with Gasteiger partial charge in [-0.25, -0.2) is 8.78 Å². The number of rotatable bonds is 4. The number of aryl methyl sites for hydroxylation is 2. The minimum Gasteiger partial charge on any atom is -0.306 e. The van der Waals surface area contributed by atoms with E-state index in [0.717, 1.165) is 23.4 Å². The Bertz CT molecular complexity index is 578. The van der Waals surface area contributed by atoms with Crippen molar-refractivity contribution < 1.29 is 8.78 Å². The lowest BCUT2D eigenvalue weighted by Crippen LogP contribution is -2.19. The van der Waals surface area contributed by atoms with Crippen molar-refractivity contribution in [1.82, 2.24) is 15.1 Å². The SMILES string of the molecule is Cc1nn(C)cc1C(C)NCc1cc(F)ccc1F. The number of hydrogen-bond donors (Lipinski definition) is 1. The van der Waals surface area contributed by atoms with Gasteiger partial charge in [0.15, 0.2) is 0 Å². The van der Waals surface area contributed by atoms with E-state index in [-0.39, 0.29) is 12.6 Å². The minimum absolute atomic E-state index is 0.0244. The zero-order chi connectivity index (χ0) is 14.0. The summed E-state index contributed by atoms with van der Waals surface area (Å²) in [7, 11) is 1.86. The summed E-state index contributed by atoms with van der Waals surface area (Å²) >= 11 is 0. The molecule has 2 aromatic rings. The summed E-state index contributed by atoms with van der Waals surface area (Å²) in [5, 5.41) is 7.44. The predicted molar refractivity (Wildman–Crippen MR) is 69.6 cm³/mol. The number of nitrogens with one attached hydrogen (secondary N) is 1. The zero-order valence-electron chi connectivity index (χ0n) is 11.2. The fourth-order valence-corrected chi connectivity index (χ4v) is 2.09. The van der Waals surface area contributed by atoms with E-state index >= 15 is 0 Å². The van der Waals surface area contributed by atoms with Crippen LogP contribution in [0.5, 0.6) is 0 Å². The van der Waals surface area contributed by atoms with Gasteiger partial charge in [0.25, 0.3) is 0 Å². The predicted octanol–water partition coefficient (Wildman–Crippen LogP) is 2.86. The number of nitrogens with zero attached hydrogens (tertiary/aromatic N) is 2. The Labute approximate surface area is 111 Å². The van der Waals surface area contributed by atoms with E-state index in [2.05, 4.69) is 10.4 Å². The van der Waals surface area contributed by atoms with Crippen LogP contribution in [0.2, 0.25) is 0 Å². The molecule has 0 fully saturated rings. The van der Waals surface area contributed by atoms with Crippen LogP contribution in [-0.4, -0.2) is 9.78 Å². The van der Waals surface area contributed by atoms with Crippen molar-refractivity contribution in [3.8, 4) is 0 Å². The summed E-state index contributed by atoms with van der Waals surface area (Å²) < 4.78 is 28.3. The quantitative estimate of drug-likeness (QED) is 0.921. The van der Waals surface area contributed by atoms with Gasteiger partial charge in [-0.05, 0) is 32.0 Å². The molecule has 0 amide bonds. The molecule has 0 saturated carbocycles. The van der Waals surface area contributed by atoms with Gasteiger partial charge in [-0.1, -0.05) is 0 Å². The van der Waals surface area contributed by atoms with Crippen LogP contribution in [0.3, 0.4) is 0 Å². The molecule has 0 spiro atoms. The number of aromatic nitrogens is 2. The van der Waals surface area contributed by atoms with E-state index in [0.29, 0.717) is 5.56 Å². The lowest BCUT2D eigenvalue weighted by atomic mass is 10.1. The first kappa shape index (κ1) is 13.7. The molecule has 1 N–H and O–H groups in total. The second kappa shape index (κ2) is 5.48. The Hall–Kier alpha value is -1.75. The van der Waals surface area contributed by atoms with Crippen LogP contribution in [0.1, 0.15) is 29.8 Å². The second-order valence-electron chi connectivity index (χ2n) is 4.68. The van der Waals surface area contributed by atoms with Gasteiger partial charge in [-0.15, -0.1) is 0 Å². The molecule has 19 heavy (non-hydrogen) atoms. The third kappa shape index (κ3) is 3.17. The number of benzene rings is 1. The summed E-state index contributed by atoms with van der Waals surface area (Å²) in [6.07, 6.45) is 1.93. The third-order valence-electron chi connectivity index (χ3n) is 3.12. The molecular formula is C14H17F2N3. The van der Waals surface area contributed by atoms with E-state index in [1.807, 2.05) is 27.1 Å². The second-order valence-corrected chi connectivity index (χ2v) is 4.68.